The lowest BCUT2D eigenvalue weighted by Crippen LogP contribution is -2.32. The quantitative estimate of drug-likeness (QED) is 0.700. The Labute approximate surface area is 151 Å². The molecule has 1 N–H and O–H groups in total. The summed E-state index contributed by atoms with van der Waals surface area (Å²) in [6, 6.07) is 11.3. The largest absolute Gasteiger partial charge is 0.339 e. The summed E-state index contributed by atoms with van der Waals surface area (Å²) in [6.07, 6.45) is 0.887. The van der Waals surface area contributed by atoms with Crippen molar-refractivity contribution in [2.24, 2.45) is 5.92 Å². The molecule has 6 heteroatoms. The second-order valence-electron chi connectivity index (χ2n) is 6.14. The van der Waals surface area contributed by atoms with Gasteiger partial charge in [0.05, 0.1) is 4.88 Å². The van der Waals surface area contributed by atoms with Crippen LogP contribution in [0.25, 0.3) is 11.4 Å². The molecular formula is C19H21N3O2S. The molecular weight excluding hydrogens is 334 g/mol. The molecule has 3 aromatic rings. The van der Waals surface area contributed by atoms with Crippen molar-refractivity contribution in [2.75, 3.05) is 0 Å². The van der Waals surface area contributed by atoms with Crippen LogP contribution in [0.3, 0.4) is 0 Å². The van der Waals surface area contributed by atoms with E-state index in [2.05, 4.69) is 29.3 Å². The lowest BCUT2D eigenvalue weighted by molar-refractivity contribution is 0.0914. The zero-order valence-corrected chi connectivity index (χ0v) is 15.3. The average Bonchev–Trinajstić information content (AvgIpc) is 3.31. The van der Waals surface area contributed by atoms with E-state index in [4.69, 9.17) is 4.52 Å². The monoisotopic (exact) mass is 355 g/mol. The molecule has 0 saturated carbocycles. The van der Waals surface area contributed by atoms with E-state index < -0.39 is 0 Å². The average molecular weight is 355 g/mol. The number of aryl methyl sites for hydroxylation is 1. The Morgan fingerprint density at radius 3 is 2.68 bits per heavy atom. The number of hydrogen-bond acceptors (Lipinski definition) is 5. The molecule has 0 aliphatic carbocycles. The maximum absolute atomic E-state index is 12.4. The molecule has 2 aromatic heterocycles. The second kappa shape index (κ2) is 7.61. The normalized spacial score (nSPS) is 13.4. The van der Waals surface area contributed by atoms with Gasteiger partial charge >= 0.3 is 0 Å². The van der Waals surface area contributed by atoms with Gasteiger partial charge in [-0.1, -0.05) is 61.3 Å². The number of carbonyl (C=O) groups excluding carboxylic acids is 1. The summed E-state index contributed by atoms with van der Waals surface area (Å²) in [4.78, 5) is 17.6. The number of hydrogen-bond donors (Lipinski definition) is 1. The van der Waals surface area contributed by atoms with Crippen LogP contribution in [0.1, 0.15) is 47.4 Å². The van der Waals surface area contributed by atoms with Crippen LogP contribution in [-0.2, 0) is 0 Å². The number of aromatic nitrogens is 2. The molecule has 0 aliphatic heterocycles. The summed E-state index contributed by atoms with van der Waals surface area (Å²) < 4.78 is 5.48. The number of benzene rings is 1. The molecule has 130 valence electrons. The topological polar surface area (TPSA) is 68.0 Å². The maximum atomic E-state index is 12.4. The van der Waals surface area contributed by atoms with Gasteiger partial charge in [-0.2, -0.15) is 4.98 Å². The van der Waals surface area contributed by atoms with Crippen LogP contribution in [0.5, 0.6) is 0 Å². The number of rotatable bonds is 6. The molecule has 2 atom stereocenters. The summed E-state index contributed by atoms with van der Waals surface area (Å²) in [5, 5.41) is 9.01. The summed E-state index contributed by atoms with van der Waals surface area (Å²) in [5.41, 5.74) is 2.07. The Morgan fingerprint density at radius 2 is 2.04 bits per heavy atom. The summed E-state index contributed by atoms with van der Waals surface area (Å²) in [5.74, 6) is 1.04. The molecule has 0 radical (unpaired) electrons. The number of nitrogens with zero attached hydrogens (tertiary/aromatic N) is 2. The van der Waals surface area contributed by atoms with Crippen LogP contribution in [0.2, 0.25) is 0 Å². The van der Waals surface area contributed by atoms with Crippen molar-refractivity contribution in [3.63, 3.8) is 0 Å². The zero-order valence-electron chi connectivity index (χ0n) is 14.5. The second-order valence-corrected chi connectivity index (χ2v) is 7.08. The van der Waals surface area contributed by atoms with Gasteiger partial charge in [-0.05, 0) is 24.3 Å². The highest BCUT2D eigenvalue weighted by Gasteiger charge is 2.27. The van der Waals surface area contributed by atoms with Gasteiger partial charge in [0, 0.05) is 5.56 Å². The van der Waals surface area contributed by atoms with Gasteiger partial charge in [0.1, 0.15) is 6.04 Å². The molecule has 0 aliphatic rings. The molecule has 5 nitrogen and oxygen atoms in total. The first-order valence-electron chi connectivity index (χ1n) is 8.33. The van der Waals surface area contributed by atoms with E-state index in [0.29, 0.717) is 16.6 Å². The summed E-state index contributed by atoms with van der Waals surface area (Å²) >= 11 is 1.41. The summed E-state index contributed by atoms with van der Waals surface area (Å²) in [7, 11) is 0. The van der Waals surface area contributed by atoms with Gasteiger partial charge in [0.15, 0.2) is 0 Å². The molecule has 2 heterocycles. The number of nitrogens with one attached hydrogen (secondary N) is 1. The van der Waals surface area contributed by atoms with E-state index in [1.807, 2.05) is 42.6 Å². The van der Waals surface area contributed by atoms with Gasteiger partial charge < -0.3 is 9.84 Å². The van der Waals surface area contributed by atoms with E-state index >= 15 is 0 Å². The number of carbonyl (C=O) groups is 1. The maximum Gasteiger partial charge on any atom is 0.262 e. The van der Waals surface area contributed by atoms with E-state index in [1.54, 1.807) is 6.07 Å². The van der Waals surface area contributed by atoms with E-state index in [1.165, 1.54) is 16.9 Å². The minimum absolute atomic E-state index is 0.115. The SMILES string of the molecule is CC[C@@H](C)[C@@H](NC(=O)c1cccs1)c1nc(-c2ccc(C)cc2)no1. The fourth-order valence-electron chi connectivity index (χ4n) is 2.48. The lowest BCUT2D eigenvalue weighted by atomic mass is 9.99. The molecule has 0 unspecified atom stereocenters. The molecule has 25 heavy (non-hydrogen) atoms. The van der Waals surface area contributed by atoms with E-state index in [9.17, 15) is 4.79 Å². The number of amides is 1. The minimum atomic E-state index is -0.314. The molecule has 0 fully saturated rings. The Bertz CT molecular complexity index is 825. The van der Waals surface area contributed by atoms with Crippen molar-refractivity contribution < 1.29 is 9.32 Å². The van der Waals surface area contributed by atoms with Gasteiger partial charge in [-0.15, -0.1) is 11.3 Å². The Hall–Kier alpha value is -2.47. The van der Waals surface area contributed by atoms with Gasteiger partial charge in [0.2, 0.25) is 11.7 Å². The lowest BCUT2D eigenvalue weighted by Gasteiger charge is -2.20. The Balaban J connectivity index is 1.84. The van der Waals surface area contributed by atoms with Gasteiger partial charge in [-0.3, -0.25) is 4.79 Å². The Morgan fingerprint density at radius 1 is 1.28 bits per heavy atom. The fourth-order valence-corrected chi connectivity index (χ4v) is 3.11. The van der Waals surface area contributed by atoms with Crippen LogP contribution < -0.4 is 5.32 Å². The van der Waals surface area contributed by atoms with E-state index in [-0.39, 0.29) is 17.9 Å². The van der Waals surface area contributed by atoms with Crippen molar-refractivity contribution in [3.05, 3.63) is 58.1 Å². The number of thiophene rings is 1. The van der Waals surface area contributed by atoms with Crippen LogP contribution in [0, 0.1) is 12.8 Å². The van der Waals surface area contributed by atoms with Crippen molar-refractivity contribution in [3.8, 4) is 11.4 Å². The summed E-state index contributed by atoms with van der Waals surface area (Å²) in [6.45, 7) is 6.17. The first-order chi connectivity index (χ1) is 12.1. The molecule has 0 saturated heterocycles. The third-order valence-electron chi connectivity index (χ3n) is 4.26. The molecule has 0 bridgehead atoms. The van der Waals surface area contributed by atoms with Crippen LogP contribution >= 0.6 is 11.3 Å². The van der Waals surface area contributed by atoms with Crippen LogP contribution in [0.4, 0.5) is 0 Å². The molecule has 1 amide bonds. The van der Waals surface area contributed by atoms with Gasteiger partial charge in [-0.25, -0.2) is 0 Å². The van der Waals surface area contributed by atoms with Crippen LogP contribution in [-0.4, -0.2) is 16.0 Å². The molecule has 0 spiro atoms. The standard InChI is InChI=1S/C19H21N3O2S/c1-4-13(3)16(20-18(23)15-6-5-11-25-15)19-21-17(22-24-19)14-9-7-12(2)8-10-14/h5-11,13,16H,4H2,1-3H3,(H,20,23)/t13-,16-/m1/s1. The smallest absolute Gasteiger partial charge is 0.262 e. The first kappa shape index (κ1) is 17.4. The predicted octanol–water partition coefficient (Wildman–Crippen LogP) is 4.62. The fraction of sp³-hybridized carbons (Fsp3) is 0.316. The highest BCUT2D eigenvalue weighted by Crippen LogP contribution is 2.26. The van der Waals surface area contributed by atoms with Crippen molar-refractivity contribution in [1.29, 1.82) is 0 Å². The highest BCUT2D eigenvalue weighted by molar-refractivity contribution is 7.12. The minimum Gasteiger partial charge on any atom is -0.339 e. The Kier molecular flexibility index (Phi) is 5.28. The highest BCUT2D eigenvalue weighted by atomic mass is 32.1. The first-order valence-corrected chi connectivity index (χ1v) is 9.21. The van der Waals surface area contributed by atoms with E-state index in [0.717, 1.165) is 12.0 Å². The predicted molar refractivity (Wildman–Crippen MR) is 98.5 cm³/mol. The van der Waals surface area contributed by atoms with Crippen molar-refractivity contribution >= 4 is 17.2 Å². The molecule has 1 aromatic carbocycles. The van der Waals surface area contributed by atoms with Gasteiger partial charge in [0.25, 0.3) is 5.91 Å². The zero-order chi connectivity index (χ0) is 17.8. The van der Waals surface area contributed by atoms with Crippen molar-refractivity contribution in [2.45, 2.75) is 33.2 Å². The van der Waals surface area contributed by atoms with Crippen LogP contribution in [0.15, 0.2) is 46.3 Å². The van der Waals surface area contributed by atoms with Crippen molar-refractivity contribution in [1.82, 2.24) is 15.5 Å². The third kappa shape index (κ3) is 3.96. The molecule has 3 rings (SSSR count). The third-order valence-corrected chi connectivity index (χ3v) is 5.13.